The minimum atomic E-state index is -0.965. The molecule has 1 saturated heterocycles. The second-order valence-corrected chi connectivity index (χ2v) is 7.31. The van der Waals surface area contributed by atoms with E-state index < -0.39 is 29.3 Å². The summed E-state index contributed by atoms with van der Waals surface area (Å²) in [7, 11) is 1.45. The first-order chi connectivity index (χ1) is 14.9. The van der Waals surface area contributed by atoms with Crippen molar-refractivity contribution in [2.24, 2.45) is 0 Å². The third kappa shape index (κ3) is 3.80. The Balaban J connectivity index is 1.90. The number of aliphatic hydroxyl groups excluding tert-OH is 1. The second-order valence-electron chi connectivity index (χ2n) is 6.90. The fourth-order valence-electron chi connectivity index (χ4n) is 3.56. The Morgan fingerprint density at radius 1 is 1.19 bits per heavy atom. The molecule has 1 N–H and O–H groups in total. The molecule has 8 heteroatoms. The summed E-state index contributed by atoms with van der Waals surface area (Å²) in [5, 5.41) is 11.3. The van der Waals surface area contributed by atoms with Gasteiger partial charge in [-0.3, -0.25) is 9.59 Å². The van der Waals surface area contributed by atoms with Gasteiger partial charge in [-0.25, -0.2) is 4.39 Å². The summed E-state index contributed by atoms with van der Waals surface area (Å²) in [6.07, 6.45) is 1.45. The van der Waals surface area contributed by atoms with Crippen LogP contribution < -0.4 is 4.74 Å². The standard InChI is InChI=1S/C23H17ClFNO5/c1-30-15-8-9-18(24)17(11-15)21(27)19-20(13-4-6-14(25)7-5-13)26(23(29)22(19)28)12-16-3-2-10-31-16/h2-11,20,27H,12H2,1H3/b21-19+. The Labute approximate surface area is 182 Å². The fourth-order valence-corrected chi connectivity index (χ4v) is 3.77. The number of likely N-dealkylation sites (tertiary alicyclic amines) is 1. The smallest absolute Gasteiger partial charge is 0.296 e. The number of hydrogen-bond acceptors (Lipinski definition) is 5. The highest BCUT2D eigenvalue weighted by Crippen LogP contribution is 2.41. The molecule has 1 unspecified atom stereocenters. The van der Waals surface area contributed by atoms with Crippen molar-refractivity contribution in [1.82, 2.24) is 4.90 Å². The Morgan fingerprint density at radius 3 is 2.58 bits per heavy atom. The highest BCUT2D eigenvalue weighted by atomic mass is 35.5. The molecule has 0 radical (unpaired) electrons. The summed E-state index contributed by atoms with van der Waals surface area (Å²) in [6.45, 7) is -0.0117. The van der Waals surface area contributed by atoms with Crippen LogP contribution in [0.25, 0.3) is 5.76 Å². The molecule has 3 aromatic rings. The van der Waals surface area contributed by atoms with E-state index in [0.29, 0.717) is 17.1 Å². The summed E-state index contributed by atoms with van der Waals surface area (Å²) in [5.41, 5.74) is 0.440. The number of Topliss-reactive ketones (excluding diaryl/α,β-unsaturated/α-hetero) is 1. The summed E-state index contributed by atoms with van der Waals surface area (Å²) >= 11 is 6.25. The minimum absolute atomic E-state index is 0.0117. The number of hydrogen-bond donors (Lipinski definition) is 1. The van der Waals surface area contributed by atoms with E-state index in [2.05, 4.69) is 0 Å². The van der Waals surface area contributed by atoms with Gasteiger partial charge in [0.2, 0.25) is 0 Å². The third-order valence-electron chi connectivity index (χ3n) is 5.06. The quantitative estimate of drug-likeness (QED) is 0.352. The number of rotatable bonds is 5. The number of methoxy groups -OCH3 is 1. The van der Waals surface area contributed by atoms with Gasteiger partial charge in [-0.15, -0.1) is 0 Å². The van der Waals surface area contributed by atoms with Crippen molar-refractivity contribution >= 4 is 29.1 Å². The van der Waals surface area contributed by atoms with Crippen molar-refractivity contribution in [1.29, 1.82) is 0 Å². The zero-order chi connectivity index (χ0) is 22.1. The van der Waals surface area contributed by atoms with Crippen LogP contribution in [0.5, 0.6) is 5.75 Å². The van der Waals surface area contributed by atoms with Crippen molar-refractivity contribution in [3.63, 3.8) is 0 Å². The van der Waals surface area contributed by atoms with E-state index in [4.69, 9.17) is 20.8 Å². The van der Waals surface area contributed by atoms with Crippen molar-refractivity contribution in [3.8, 4) is 5.75 Å². The maximum atomic E-state index is 13.5. The molecule has 0 aliphatic carbocycles. The van der Waals surface area contributed by atoms with E-state index in [1.54, 1.807) is 18.2 Å². The van der Waals surface area contributed by atoms with Crippen LogP contribution in [0.4, 0.5) is 4.39 Å². The molecule has 1 aromatic heterocycles. The lowest BCUT2D eigenvalue weighted by Crippen LogP contribution is -2.29. The van der Waals surface area contributed by atoms with E-state index in [-0.39, 0.29) is 22.7 Å². The molecule has 1 aliphatic heterocycles. The maximum absolute atomic E-state index is 13.5. The molecule has 0 saturated carbocycles. The molecule has 0 spiro atoms. The number of furan rings is 1. The minimum Gasteiger partial charge on any atom is -0.507 e. The molecule has 6 nitrogen and oxygen atoms in total. The lowest BCUT2D eigenvalue weighted by Gasteiger charge is -2.24. The average Bonchev–Trinajstić information content (AvgIpc) is 3.37. The molecule has 1 aliphatic rings. The van der Waals surface area contributed by atoms with Gasteiger partial charge in [0.25, 0.3) is 11.7 Å². The number of aliphatic hydroxyl groups is 1. The van der Waals surface area contributed by atoms with Crippen LogP contribution in [0, 0.1) is 5.82 Å². The van der Waals surface area contributed by atoms with Gasteiger partial charge in [-0.05, 0) is 48.0 Å². The van der Waals surface area contributed by atoms with Gasteiger partial charge in [0, 0.05) is 5.56 Å². The Bertz CT molecular complexity index is 1170. The number of ketones is 1. The lowest BCUT2D eigenvalue weighted by molar-refractivity contribution is -0.140. The average molecular weight is 442 g/mol. The zero-order valence-corrected chi connectivity index (χ0v) is 17.1. The van der Waals surface area contributed by atoms with E-state index in [1.807, 2.05) is 0 Å². The first kappa shape index (κ1) is 20.7. The molecule has 0 bridgehead atoms. The first-order valence-corrected chi connectivity index (χ1v) is 9.68. The van der Waals surface area contributed by atoms with Crippen molar-refractivity contribution in [3.05, 3.63) is 94.2 Å². The van der Waals surface area contributed by atoms with E-state index >= 15 is 0 Å². The molecule has 2 aromatic carbocycles. The van der Waals surface area contributed by atoms with Crippen LogP contribution >= 0.6 is 11.6 Å². The molecule has 158 valence electrons. The molecule has 31 heavy (non-hydrogen) atoms. The van der Waals surface area contributed by atoms with E-state index in [0.717, 1.165) is 0 Å². The topological polar surface area (TPSA) is 80.0 Å². The first-order valence-electron chi connectivity index (χ1n) is 9.31. The molecular formula is C23H17ClFNO5. The van der Waals surface area contributed by atoms with Crippen molar-refractivity contribution in [2.45, 2.75) is 12.6 Å². The van der Waals surface area contributed by atoms with E-state index in [1.165, 1.54) is 54.7 Å². The Kier molecular flexibility index (Phi) is 5.52. The van der Waals surface area contributed by atoms with Gasteiger partial charge in [0.1, 0.15) is 23.1 Å². The summed E-state index contributed by atoms with van der Waals surface area (Å²) in [6, 6.07) is 12.3. The molecule has 1 fully saturated rings. The number of nitrogens with zero attached hydrogens (tertiary/aromatic N) is 1. The number of benzene rings is 2. The van der Waals surface area contributed by atoms with Gasteiger partial charge in [0.15, 0.2) is 0 Å². The maximum Gasteiger partial charge on any atom is 0.296 e. The number of carbonyl (C=O) groups excluding carboxylic acids is 2. The second kappa shape index (κ2) is 8.28. The monoisotopic (exact) mass is 441 g/mol. The van der Waals surface area contributed by atoms with Gasteiger partial charge in [-0.1, -0.05) is 23.7 Å². The van der Waals surface area contributed by atoms with Gasteiger partial charge in [0.05, 0.1) is 36.6 Å². The summed E-state index contributed by atoms with van der Waals surface area (Å²) in [5.74, 6) is -1.74. The molecule has 1 amide bonds. The van der Waals surface area contributed by atoms with Crippen LogP contribution in [0.3, 0.4) is 0 Å². The number of ether oxygens (including phenoxy) is 1. The van der Waals surface area contributed by atoms with Crippen molar-refractivity contribution in [2.75, 3.05) is 7.11 Å². The summed E-state index contributed by atoms with van der Waals surface area (Å²) < 4.78 is 24.0. The van der Waals surface area contributed by atoms with Crippen LogP contribution in [-0.2, 0) is 16.1 Å². The fraction of sp³-hybridized carbons (Fsp3) is 0.130. The van der Waals surface area contributed by atoms with Gasteiger partial charge < -0.3 is 19.2 Å². The highest BCUT2D eigenvalue weighted by Gasteiger charge is 2.46. The predicted octanol–water partition coefficient (Wildman–Crippen LogP) is 4.70. The predicted molar refractivity (Wildman–Crippen MR) is 111 cm³/mol. The number of carbonyl (C=O) groups is 2. The van der Waals surface area contributed by atoms with Crippen LogP contribution in [0.15, 0.2) is 70.9 Å². The molecule has 1 atom stereocenters. The molecule has 4 rings (SSSR count). The largest absolute Gasteiger partial charge is 0.507 e. The molecular weight excluding hydrogens is 425 g/mol. The van der Waals surface area contributed by atoms with E-state index in [9.17, 15) is 19.1 Å². The highest BCUT2D eigenvalue weighted by molar-refractivity contribution is 6.47. The van der Waals surface area contributed by atoms with Crippen molar-refractivity contribution < 1.29 is 28.2 Å². The van der Waals surface area contributed by atoms with Gasteiger partial charge in [-0.2, -0.15) is 0 Å². The Hall–Kier alpha value is -3.58. The van der Waals surface area contributed by atoms with Crippen LogP contribution in [0.1, 0.15) is 22.9 Å². The zero-order valence-electron chi connectivity index (χ0n) is 16.3. The Morgan fingerprint density at radius 2 is 1.94 bits per heavy atom. The van der Waals surface area contributed by atoms with Gasteiger partial charge >= 0.3 is 0 Å². The molecule has 2 heterocycles. The summed E-state index contributed by atoms with van der Waals surface area (Å²) in [4.78, 5) is 27.2. The lowest BCUT2D eigenvalue weighted by atomic mass is 9.95. The van der Waals surface area contributed by atoms with Crippen LogP contribution in [-0.4, -0.2) is 28.8 Å². The number of amides is 1. The SMILES string of the molecule is COc1ccc(Cl)c(/C(O)=C2\C(=O)C(=O)N(Cc3ccco3)C2c2ccc(F)cc2)c1. The van der Waals surface area contributed by atoms with Crippen LogP contribution in [0.2, 0.25) is 5.02 Å². The third-order valence-corrected chi connectivity index (χ3v) is 5.39. The normalized spacial score (nSPS) is 17.9. The number of halogens is 2.